The molecule has 0 unspecified atom stereocenters. The van der Waals surface area contributed by atoms with Crippen LogP contribution in [0.5, 0.6) is 0 Å². The number of H-pyrrole nitrogens is 1. The summed E-state index contributed by atoms with van der Waals surface area (Å²) < 4.78 is 38.1. The maximum Gasteiger partial charge on any atom is 0.416 e. The van der Waals surface area contributed by atoms with Crippen molar-refractivity contribution in [2.45, 2.75) is 20.0 Å². The molecule has 0 saturated carbocycles. The number of nitrogens with one attached hydrogen (secondary N) is 1. The van der Waals surface area contributed by atoms with E-state index in [9.17, 15) is 13.2 Å². The molecule has 3 nitrogen and oxygen atoms in total. The molecule has 17 heavy (non-hydrogen) atoms. The van der Waals surface area contributed by atoms with E-state index in [1.54, 1.807) is 13.0 Å². The molecule has 0 atom stereocenters. The Balaban J connectivity index is 2.51. The van der Waals surface area contributed by atoms with E-state index in [1.165, 1.54) is 13.0 Å². The smallest absolute Gasteiger partial charge is 0.263 e. The highest BCUT2D eigenvalue weighted by Crippen LogP contribution is 2.33. The van der Waals surface area contributed by atoms with Crippen LogP contribution in [-0.2, 0) is 6.18 Å². The van der Waals surface area contributed by atoms with E-state index in [1.807, 2.05) is 0 Å². The first-order valence-corrected chi connectivity index (χ1v) is 4.95. The van der Waals surface area contributed by atoms with E-state index in [4.69, 9.17) is 0 Å². The molecule has 1 N–H and O–H groups in total. The van der Waals surface area contributed by atoms with Crippen LogP contribution in [0, 0.1) is 13.8 Å². The first-order chi connectivity index (χ1) is 7.88. The van der Waals surface area contributed by atoms with Gasteiger partial charge >= 0.3 is 6.18 Å². The second-order valence-electron chi connectivity index (χ2n) is 3.77. The van der Waals surface area contributed by atoms with Gasteiger partial charge in [-0.15, -0.1) is 0 Å². The van der Waals surface area contributed by atoms with Crippen LogP contribution >= 0.6 is 0 Å². The molecule has 0 fully saturated rings. The molecular weight excluding hydrogens is 231 g/mol. The van der Waals surface area contributed by atoms with Gasteiger partial charge in [-0.3, -0.25) is 5.10 Å². The van der Waals surface area contributed by atoms with Gasteiger partial charge in [0.1, 0.15) is 5.82 Å². The molecule has 2 rings (SSSR count). The number of aromatic amines is 1. The highest BCUT2D eigenvalue weighted by atomic mass is 19.4. The quantitative estimate of drug-likeness (QED) is 0.833. The summed E-state index contributed by atoms with van der Waals surface area (Å²) in [5.74, 6) is 0.835. The lowest BCUT2D eigenvalue weighted by Gasteiger charge is -2.10. The summed E-state index contributed by atoms with van der Waals surface area (Å²) in [6, 6.07) is 4.06. The standard InChI is InChI=1S/C11H10F3N3/c1-6-3-4-8(5-9(6)11(12,13)14)10-15-7(2)16-17-10/h3-5H,1-2H3,(H,15,16,17). The fourth-order valence-corrected chi connectivity index (χ4v) is 1.54. The lowest BCUT2D eigenvalue weighted by atomic mass is 10.0. The van der Waals surface area contributed by atoms with Crippen LogP contribution in [0.2, 0.25) is 0 Å². The molecule has 0 aliphatic heterocycles. The summed E-state index contributed by atoms with van der Waals surface area (Å²) in [6.45, 7) is 3.12. The minimum atomic E-state index is -4.36. The van der Waals surface area contributed by atoms with Crippen LogP contribution in [0.25, 0.3) is 11.4 Å². The van der Waals surface area contributed by atoms with Gasteiger partial charge in [0, 0.05) is 5.56 Å². The van der Waals surface area contributed by atoms with Gasteiger partial charge in [-0.05, 0) is 25.5 Å². The van der Waals surface area contributed by atoms with E-state index < -0.39 is 11.7 Å². The third-order valence-electron chi connectivity index (χ3n) is 2.40. The predicted molar refractivity (Wildman–Crippen MR) is 56.3 cm³/mol. The van der Waals surface area contributed by atoms with Crippen molar-refractivity contribution < 1.29 is 13.2 Å². The lowest BCUT2D eigenvalue weighted by molar-refractivity contribution is -0.138. The predicted octanol–water partition coefficient (Wildman–Crippen LogP) is 3.11. The summed E-state index contributed by atoms with van der Waals surface area (Å²) in [4.78, 5) is 4.00. The Morgan fingerprint density at radius 1 is 1.18 bits per heavy atom. The monoisotopic (exact) mass is 241 g/mol. The molecule has 0 aliphatic carbocycles. The Labute approximate surface area is 95.7 Å². The minimum absolute atomic E-state index is 0.188. The first-order valence-electron chi connectivity index (χ1n) is 4.95. The molecule has 0 aliphatic rings. The van der Waals surface area contributed by atoms with Gasteiger partial charge in [0.25, 0.3) is 0 Å². The van der Waals surface area contributed by atoms with Gasteiger partial charge in [0.2, 0.25) is 0 Å². The number of nitrogens with zero attached hydrogens (tertiary/aromatic N) is 2. The molecule has 1 heterocycles. The lowest BCUT2D eigenvalue weighted by Crippen LogP contribution is -2.07. The first kappa shape index (κ1) is 11.6. The average molecular weight is 241 g/mol. The summed E-state index contributed by atoms with van der Waals surface area (Å²) in [7, 11) is 0. The van der Waals surface area contributed by atoms with Crippen molar-refractivity contribution in [1.82, 2.24) is 15.2 Å². The second kappa shape index (κ2) is 3.87. The van der Waals surface area contributed by atoms with E-state index in [2.05, 4.69) is 15.2 Å². The fourth-order valence-electron chi connectivity index (χ4n) is 1.54. The molecule has 0 saturated heterocycles. The molecule has 1 aromatic carbocycles. The summed E-state index contributed by atoms with van der Waals surface area (Å²) in [5, 5.41) is 6.43. The third-order valence-corrected chi connectivity index (χ3v) is 2.40. The topological polar surface area (TPSA) is 41.6 Å². The zero-order valence-electron chi connectivity index (χ0n) is 9.26. The van der Waals surface area contributed by atoms with Crippen molar-refractivity contribution >= 4 is 0 Å². The van der Waals surface area contributed by atoms with Crippen molar-refractivity contribution in [2.75, 3.05) is 0 Å². The highest BCUT2D eigenvalue weighted by molar-refractivity contribution is 5.57. The maximum atomic E-state index is 12.7. The Morgan fingerprint density at radius 2 is 1.88 bits per heavy atom. The van der Waals surface area contributed by atoms with E-state index in [0.29, 0.717) is 11.4 Å². The van der Waals surface area contributed by atoms with Crippen molar-refractivity contribution in [3.8, 4) is 11.4 Å². The van der Waals surface area contributed by atoms with E-state index in [-0.39, 0.29) is 11.4 Å². The fraction of sp³-hybridized carbons (Fsp3) is 0.273. The Morgan fingerprint density at radius 3 is 2.41 bits per heavy atom. The summed E-state index contributed by atoms with van der Waals surface area (Å²) in [5.41, 5.74) is -0.113. The SMILES string of the molecule is Cc1nc(-c2ccc(C)c(C(F)(F)F)c2)n[nH]1. The number of alkyl halides is 3. The van der Waals surface area contributed by atoms with Gasteiger partial charge in [0.05, 0.1) is 5.56 Å². The highest BCUT2D eigenvalue weighted by Gasteiger charge is 2.32. The largest absolute Gasteiger partial charge is 0.416 e. The molecule has 0 amide bonds. The Bertz CT molecular complexity index is 543. The van der Waals surface area contributed by atoms with Crippen LogP contribution in [0.1, 0.15) is 17.0 Å². The van der Waals surface area contributed by atoms with Crippen LogP contribution < -0.4 is 0 Å². The molecule has 0 radical (unpaired) electrons. The van der Waals surface area contributed by atoms with Gasteiger partial charge in [-0.25, -0.2) is 4.98 Å². The molecule has 1 aromatic heterocycles. The summed E-state index contributed by atoms with van der Waals surface area (Å²) in [6.07, 6.45) is -4.36. The average Bonchev–Trinajstić information content (AvgIpc) is 2.64. The number of hydrogen-bond acceptors (Lipinski definition) is 2. The van der Waals surface area contributed by atoms with Crippen molar-refractivity contribution in [1.29, 1.82) is 0 Å². The molecule has 2 aromatic rings. The number of aryl methyl sites for hydroxylation is 2. The van der Waals surface area contributed by atoms with E-state index in [0.717, 1.165) is 6.07 Å². The molecule has 90 valence electrons. The molecular formula is C11H10F3N3. The molecule has 0 spiro atoms. The normalized spacial score (nSPS) is 11.8. The van der Waals surface area contributed by atoms with Gasteiger partial charge in [-0.2, -0.15) is 18.3 Å². The Hall–Kier alpha value is -1.85. The number of halogens is 3. The van der Waals surface area contributed by atoms with Gasteiger partial charge < -0.3 is 0 Å². The van der Waals surface area contributed by atoms with Gasteiger partial charge in [0.15, 0.2) is 5.82 Å². The number of rotatable bonds is 1. The van der Waals surface area contributed by atoms with Crippen LogP contribution in [0.3, 0.4) is 0 Å². The van der Waals surface area contributed by atoms with Crippen LogP contribution in [0.4, 0.5) is 13.2 Å². The van der Waals surface area contributed by atoms with E-state index >= 15 is 0 Å². The zero-order chi connectivity index (χ0) is 12.6. The molecule has 0 bridgehead atoms. The van der Waals surface area contributed by atoms with Crippen molar-refractivity contribution in [3.05, 3.63) is 35.2 Å². The number of hydrogen-bond donors (Lipinski definition) is 1. The zero-order valence-corrected chi connectivity index (χ0v) is 9.26. The van der Waals surface area contributed by atoms with Crippen molar-refractivity contribution in [2.24, 2.45) is 0 Å². The number of aromatic nitrogens is 3. The Kier molecular flexibility index (Phi) is 2.65. The van der Waals surface area contributed by atoms with Crippen LogP contribution in [-0.4, -0.2) is 15.2 Å². The van der Waals surface area contributed by atoms with Gasteiger partial charge in [-0.1, -0.05) is 12.1 Å². The maximum absolute atomic E-state index is 12.7. The van der Waals surface area contributed by atoms with Crippen molar-refractivity contribution in [3.63, 3.8) is 0 Å². The second-order valence-corrected chi connectivity index (χ2v) is 3.77. The van der Waals surface area contributed by atoms with Crippen LogP contribution in [0.15, 0.2) is 18.2 Å². The molecule has 6 heteroatoms. The third kappa shape index (κ3) is 2.30. The number of benzene rings is 1. The summed E-state index contributed by atoms with van der Waals surface area (Å²) >= 11 is 0. The minimum Gasteiger partial charge on any atom is -0.263 e.